The second kappa shape index (κ2) is 30.3. The lowest BCUT2D eigenvalue weighted by Crippen LogP contribution is -2.15. The monoisotopic (exact) mass is 1050 g/mol. The van der Waals surface area contributed by atoms with Crippen molar-refractivity contribution >= 4 is 50.1 Å². The first-order chi connectivity index (χ1) is 35.6. The van der Waals surface area contributed by atoms with E-state index < -0.39 is 7.25 Å². The van der Waals surface area contributed by atoms with Gasteiger partial charge in [-0.25, -0.2) is 9.97 Å². The summed E-state index contributed by atoms with van der Waals surface area (Å²) >= 11 is 3.72. The summed E-state index contributed by atoms with van der Waals surface area (Å²) in [6.07, 6.45) is 0. The third-order valence-electron chi connectivity index (χ3n) is 10.6. The number of nitrogens with one attached hydrogen (secondary N) is 2. The molecule has 0 aliphatic carbocycles. The molecule has 0 fully saturated rings. The molecule has 1 aliphatic heterocycles. The molecule has 0 saturated heterocycles. The van der Waals surface area contributed by atoms with Crippen molar-refractivity contribution in [2.75, 3.05) is 92.5 Å². The molecule has 4 heterocycles. The van der Waals surface area contributed by atoms with Gasteiger partial charge in [-0.2, -0.15) is 0 Å². The normalized spacial score (nSPS) is 14.3. The number of aryl methyl sites for hydroxylation is 2. The van der Waals surface area contributed by atoms with E-state index in [1.54, 1.807) is 0 Å². The van der Waals surface area contributed by atoms with Crippen LogP contribution in [0.3, 0.4) is 0 Å². The van der Waals surface area contributed by atoms with Crippen molar-refractivity contribution in [1.29, 1.82) is 0 Å². The van der Waals surface area contributed by atoms with E-state index in [1.807, 2.05) is 85.1 Å². The Hall–Kier alpha value is -5.99. The van der Waals surface area contributed by atoms with Crippen LogP contribution in [0.15, 0.2) is 127 Å². The highest BCUT2D eigenvalue weighted by Crippen LogP contribution is 2.45. The third-order valence-corrected chi connectivity index (χ3v) is 12.8. The average molecular weight is 1050 g/mol. The SMILES string of the molecule is CCOCC.Cc1sc2ccccc2c1-c1[nH]c(-c2ccccc2)[nH+]c1-c1c(C)sc2ccccc12.F[B-](F)(F)F.c1ccc2c(c1)OCCOCCOCCOc1ccccc1OCCOCCOCCO2. The van der Waals surface area contributed by atoms with Gasteiger partial charge in [-0.15, -0.1) is 22.7 Å². The van der Waals surface area contributed by atoms with Gasteiger partial charge in [0.2, 0.25) is 0 Å². The van der Waals surface area contributed by atoms with E-state index in [0.717, 1.165) is 24.6 Å². The fourth-order valence-electron chi connectivity index (χ4n) is 7.55. The van der Waals surface area contributed by atoms with Crippen LogP contribution in [-0.4, -0.2) is 105 Å². The van der Waals surface area contributed by atoms with Crippen LogP contribution in [0.4, 0.5) is 17.3 Å². The number of ether oxygens (including phenoxy) is 9. The standard InChI is InChI=1S/C27H20N2S2.C24H32O8.C4H10O.BF4/c1-16-23(19-12-6-8-14-21(19)30-16)25-26(29-27(28-25)18-10-4-3-5-11-18)24-17(2)31-22-15-9-7-13-20(22)24;1-2-6-22-21(5-1)29-17-13-25-9-10-27-15-19-31-23-7-3-4-8-24(23)32-20-16-28-12-11-26-14-18-30-22;1-3-5-4-2;2-1(3,4)5/h3-15H,1-2H3,(H,28,29);1-8H,9-20H2;3-4H2,1-2H3;/q;;;-1/p+1. The molecular formula is C55H63BF4N2O9S2. The van der Waals surface area contributed by atoms with Crippen molar-refractivity contribution in [3.05, 3.63) is 137 Å². The van der Waals surface area contributed by atoms with Gasteiger partial charge in [0.25, 0.3) is 5.82 Å². The van der Waals surface area contributed by atoms with Crippen LogP contribution in [0.2, 0.25) is 0 Å². The Balaban J connectivity index is 0.000000201. The molecular weight excluding hydrogens is 984 g/mol. The number of imidazole rings is 1. The van der Waals surface area contributed by atoms with E-state index in [-0.39, 0.29) is 0 Å². The second-order valence-electron chi connectivity index (χ2n) is 15.8. The molecule has 0 amide bonds. The maximum absolute atomic E-state index is 9.75. The molecule has 390 valence electrons. The highest BCUT2D eigenvalue weighted by atomic mass is 32.1. The van der Waals surface area contributed by atoms with Crippen LogP contribution >= 0.6 is 22.7 Å². The van der Waals surface area contributed by atoms with Gasteiger partial charge in [0.1, 0.15) is 26.4 Å². The van der Waals surface area contributed by atoms with Crippen LogP contribution in [0, 0.1) is 13.8 Å². The van der Waals surface area contributed by atoms with E-state index in [0.29, 0.717) is 102 Å². The van der Waals surface area contributed by atoms with Gasteiger partial charge in [0.15, 0.2) is 34.4 Å². The van der Waals surface area contributed by atoms with E-state index in [1.165, 1.54) is 52.4 Å². The van der Waals surface area contributed by atoms with E-state index >= 15 is 0 Å². The lowest BCUT2D eigenvalue weighted by Gasteiger charge is -2.14. The fraction of sp³-hybridized carbons (Fsp3) is 0.327. The second-order valence-corrected chi connectivity index (χ2v) is 18.3. The van der Waals surface area contributed by atoms with Crippen molar-refractivity contribution in [3.8, 4) is 56.9 Å². The number of hydrogen-bond donors (Lipinski definition) is 1. The quantitative estimate of drug-likeness (QED) is 0.133. The lowest BCUT2D eigenvalue weighted by molar-refractivity contribution is -0.348. The van der Waals surface area contributed by atoms with Gasteiger partial charge in [0.05, 0.1) is 58.4 Å². The number of benzene rings is 5. The van der Waals surface area contributed by atoms with Crippen LogP contribution in [0.5, 0.6) is 23.0 Å². The number of halogens is 4. The first-order valence-corrected chi connectivity index (χ1v) is 25.8. The zero-order chi connectivity index (χ0) is 51.7. The molecule has 9 rings (SSSR count). The minimum Gasteiger partial charge on any atom is -0.487 e. The Bertz CT molecular complexity index is 2610. The highest BCUT2D eigenvalue weighted by molar-refractivity contribution is 7.20. The molecule has 73 heavy (non-hydrogen) atoms. The number of H-pyrrole nitrogens is 2. The summed E-state index contributed by atoms with van der Waals surface area (Å²) in [5.41, 5.74) is 6.08. The van der Waals surface area contributed by atoms with Crippen molar-refractivity contribution in [3.63, 3.8) is 0 Å². The highest BCUT2D eigenvalue weighted by Gasteiger charge is 2.28. The third kappa shape index (κ3) is 18.2. The summed E-state index contributed by atoms with van der Waals surface area (Å²) < 4.78 is 91.8. The predicted octanol–water partition coefficient (Wildman–Crippen LogP) is 13.2. The van der Waals surface area contributed by atoms with Gasteiger partial charge in [-0.1, -0.05) is 78.9 Å². The van der Waals surface area contributed by atoms with Crippen molar-refractivity contribution in [2.45, 2.75) is 27.7 Å². The summed E-state index contributed by atoms with van der Waals surface area (Å²) in [5, 5.41) is 2.61. The fourth-order valence-corrected chi connectivity index (χ4v) is 9.70. The number of hydrogen-bond acceptors (Lipinski definition) is 11. The molecule has 2 N–H and O–H groups in total. The Labute approximate surface area is 432 Å². The maximum atomic E-state index is 9.75. The molecule has 11 nitrogen and oxygen atoms in total. The average Bonchev–Trinajstić information content (AvgIpc) is 4.07. The van der Waals surface area contributed by atoms with Gasteiger partial charge < -0.3 is 59.9 Å². The summed E-state index contributed by atoms with van der Waals surface area (Å²) in [5.74, 6) is 3.77. The van der Waals surface area contributed by atoms with Gasteiger partial charge in [-0.05, 0) is 76.2 Å². The molecule has 5 aromatic carbocycles. The van der Waals surface area contributed by atoms with E-state index in [9.17, 15) is 17.3 Å². The van der Waals surface area contributed by atoms with Crippen molar-refractivity contribution in [1.82, 2.24) is 4.98 Å². The van der Waals surface area contributed by atoms with E-state index in [4.69, 9.17) is 42.6 Å². The lowest BCUT2D eigenvalue weighted by atomic mass is 10.0. The van der Waals surface area contributed by atoms with Crippen LogP contribution in [-0.2, 0) is 23.7 Å². The summed E-state index contributed by atoms with van der Waals surface area (Å²) in [4.78, 5) is 10.2. The minimum absolute atomic E-state index is 0.425. The summed E-state index contributed by atoms with van der Waals surface area (Å²) in [6.45, 7) is 15.6. The topological polar surface area (TPSA) is 113 Å². The molecule has 8 aromatic rings. The first-order valence-electron chi connectivity index (χ1n) is 24.2. The van der Waals surface area contributed by atoms with Crippen molar-refractivity contribution < 1.29 is 64.9 Å². The zero-order valence-corrected chi connectivity index (χ0v) is 43.2. The van der Waals surface area contributed by atoms with Gasteiger partial charge >= 0.3 is 7.25 Å². The molecule has 0 bridgehead atoms. The number of rotatable bonds is 5. The number of aromatic nitrogens is 2. The molecule has 18 heteroatoms. The minimum atomic E-state index is -6.00. The Morgan fingerprint density at radius 1 is 0.479 bits per heavy atom. The molecule has 0 atom stereocenters. The number of thiophene rings is 2. The molecule has 3 aromatic heterocycles. The Morgan fingerprint density at radius 2 is 0.822 bits per heavy atom. The maximum Gasteiger partial charge on any atom is 0.673 e. The largest absolute Gasteiger partial charge is 0.673 e. The Kier molecular flexibility index (Phi) is 23.3. The van der Waals surface area contributed by atoms with Gasteiger partial charge in [0, 0.05) is 54.3 Å². The smallest absolute Gasteiger partial charge is 0.487 e. The van der Waals surface area contributed by atoms with Crippen LogP contribution in [0.1, 0.15) is 23.6 Å². The predicted molar refractivity (Wildman–Crippen MR) is 284 cm³/mol. The van der Waals surface area contributed by atoms with Gasteiger partial charge in [-0.3, -0.25) is 0 Å². The molecule has 0 saturated carbocycles. The van der Waals surface area contributed by atoms with Crippen LogP contribution in [0.25, 0.3) is 54.1 Å². The molecule has 0 unspecified atom stereocenters. The summed E-state index contributed by atoms with van der Waals surface area (Å²) in [7, 11) is -6.00. The first kappa shape index (κ1) is 56.3. The zero-order valence-electron chi connectivity index (χ0n) is 41.6. The number of aromatic amines is 2. The Morgan fingerprint density at radius 3 is 1.22 bits per heavy atom. The molecule has 1 aliphatic rings. The van der Waals surface area contributed by atoms with E-state index in [2.05, 4.69) is 103 Å². The number of fused-ring (bicyclic) bond motifs is 4. The number of para-hydroxylation sites is 4. The summed E-state index contributed by atoms with van der Waals surface area (Å²) in [6, 6.07) is 43.0. The molecule has 0 radical (unpaired) electrons. The van der Waals surface area contributed by atoms with Crippen molar-refractivity contribution in [2.24, 2.45) is 0 Å². The van der Waals surface area contributed by atoms with Crippen LogP contribution < -0.4 is 23.9 Å². The molecule has 0 spiro atoms.